The molecule has 0 aromatic heterocycles. The number of nitrogens with two attached hydrogens (primary N) is 1. The Balaban J connectivity index is 1.80. The summed E-state index contributed by atoms with van der Waals surface area (Å²) in [5, 5.41) is 3.02. The van der Waals surface area contributed by atoms with Crippen molar-refractivity contribution in [3.8, 4) is 0 Å². The summed E-state index contributed by atoms with van der Waals surface area (Å²) < 4.78 is 0. The number of rotatable bonds is 5. The van der Waals surface area contributed by atoms with E-state index in [-0.39, 0.29) is 17.9 Å². The first-order valence-corrected chi connectivity index (χ1v) is 8.36. The molecule has 0 aliphatic carbocycles. The highest BCUT2D eigenvalue weighted by Crippen LogP contribution is 2.15. The third-order valence-electron chi connectivity index (χ3n) is 4.22. The summed E-state index contributed by atoms with van der Waals surface area (Å²) in [6.45, 7) is 5.51. The lowest BCUT2D eigenvalue weighted by Crippen LogP contribution is -2.48. The van der Waals surface area contributed by atoms with Crippen molar-refractivity contribution in [3.63, 3.8) is 0 Å². The van der Waals surface area contributed by atoms with Gasteiger partial charge in [-0.05, 0) is 24.3 Å². The fourth-order valence-electron chi connectivity index (χ4n) is 2.85. The van der Waals surface area contributed by atoms with Gasteiger partial charge in [-0.25, -0.2) is 0 Å². The van der Waals surface area contributed by atoms with Gasteiger partial charge in [0.25, 0.3) is 0 Å². The summed E-state index contributed by atoms with van der Waals surface area (Å²) in [6.07, 6.45) is 2.17. The highest BCUT2D eigenvalue weighted by atomic mass is 16.2. The maximum atomic E-state index is 12.3. The van der Waals surface area contributed by atoms with Crippen LogP contribution in [0.5, 0.6) is 0 Å². The molecule has 1 saturated heterocycles. The van der Waals surface area contributed by atoms with Crippen molar-refractivity contribution in [1.82, 2.24) is 10.2 Å². The maximum Gasteiger partial charge on any atom is 0.241 e. The molecule has 0 saturated carbocycles. The molecule has 1 aliphatic heterocycles. The number of amides is 2. The van der Waals surface area contributed by atoms with E-state index >= 15 is 0 Å². The number of hydrogen-bond acceptors (Lipinski definition) is 3. The van der Waals surface area contributed by atoms with E-state index in [9.17, 15) is 9.59 Å². The van der Waals surface area contributed by atoms with Gasteiger partial charge in [-0.1, -0.05) is 44.2 Å². The minimum absolute atomic E-state index is 0.0976. The topological polar surface area (TPSA) is 75.4 Å². The summed E-state index contributed by atoms with van der Waals surface area (Å²) in [4.78, 5) is 26.2. The van der Waals surface area contributed by atoms with E-state index in [0.717, 1.165) is 18.4 Å². The lowest BCUT2D eigenvalue weighted by atomic mass is 10.0. The number of hydrogen-bond donors (Lipinski definition) is 2. The number of nitrogens with one attached hydrogen (secondary N) is 1. The Labute approximate surface area is 138 Å². The molecule has 126 valence electrons. The zero-order valence-corrected chi connectivity index (χ0v) is 14.0. The molecular weight excluding hydrogens is 290 g/mol. The maximum absolute atomic E-state index is 12.3. The molecule has 1 unspecified atom stereocenters. The van der Waals surface area contributed by atoms with Crippen molar-refractivity contribution in [2.24, 2.45) is 11.7 Å². The van der Waals surface area contributed by atoms with Crippen molar-refractivity contribution in [2.75, 3.05) is 13.1 Å². The predicted molar refractivity (Wildman–Crippen MR) is 90.6 cm³/mol. The number of nitrogens with zero attached hydrogens (tertiary/aromatic N) is 1. The molecule has 1 aromatic carbocycles. The second-order valence-corrected chi connectivity index (χ2v) is 6.65. The summed E-state index contributed by atoms with van der Waals surface area (Å²) in [5.74, 6) is 0.442. The van der Waals surface area contributed by atoms with Crippen LogP contribution in [0.1, 0.15) is 44.7 Å². The number of benzene rings is 1. The monoisotopic (exact) mass is 317 g/mol. The molecule has 1 aliphatic rings. The zero-order valence-electron chi connectivity index (χ0n) is 14.0. The molecule has 2 rings (SSSR count). The number of piperidine rings is 1. The van der Waals surface area contributed by atoms with Crippen molar-refractivity contribution in [3.05, 3.63) is 35.9 Å². The van der Waals surface area contributed by atoms with E-state index in [4.69, 9.17) is 5.73 Å². The first-order valence-electron chi connectivity index (χ1n) is 8.36. The average Bonchev–Trinajstić information content (AvgIpc) is 2.55. The summed E-state index contributed by atoms with van der Waals surface area (Å²) in [6, 6.07) is 8.83. The minimum atomic E-state index is -0.642. The molecule has 1 aromatic rings. The van der Waals surface area contributed by atoms with Crippen molar-refractivity contribution >= 4 is 11.8 Å². The Kier molecular flexibility index (Phi) is 6.16. The van der Waals surface area contributed by atoms with Gasteiger partial charge in [-0.3, -0.25) is 9.59 Å². The molecule has 23 heavy (non-hydrogen) atoms. The van der Waals surface area contributed by atoms with Crippen LogP contribution in [0.4, 0.5) is 0 Å². The van der Waals surface area contributed by atoms with Gasteiger partial charge in [0.05, 0.1) is 0 Å². The molecule has 0 spiro atoms. The average molecular weight is 317 g/mol. The Morgan fingerprint density at radius 3 is 2.39 bits per heavy atom. The van der Waals surface area contributed by atoms with E-state index in [2.05, 4.69) is 19.2 Å². The summed E-state index contributed by atoms with van der Waals surface area (Å²) in [5.41, 5.74) is 6.82. The Hall–Kier alpha value is -1.88. The number of likely N-dealkylation sites (tertiary alicyclic amines) is 1. The quantitative estimate of drug-likeness (QED) is 0.870. The lowest BCUT2D eigenvalue weighted by molar-refractivity contribution is -0.133. The van der Waals surface area contributed by atoms with E-state index in [1.165, 1.54) is 0 Å². The van der Waals surface area contributed by atoms with E-state index in [1.807, 2.05) is 35.2 Å². The van der Waals surface area contributed by atoms with Crippen LogP contribution in [0.25, 0.3) is 0 Å². The zero-order chi connectivity index (χ0) is 16.8. The molecule has 5 nitrogen and oxygen atoms in total. The molecular formula is C18H27N3O2. The van der Waals surface area contributed by atoms with Crippen LogP contribution in [-0.4, -0.2) is 35.8 Å². The van der Waals surface area contributed by atoms with Crippen LogP contribution >= 0.6 is 0 Å². The highest BCUT2D eigenvalue weighted by Gasteiger charge is 2.25. The molecule has 5 heteroatoms. The Morgan fingerprint density at radius 2 is 1.83 bits per heavy atom. The smallest absolute Gasteiger partial charge is 0.241 e. The van der Waals surface area contributed by atoms with E-state index in [1.54, 1.807) is 0 Å². The van der Waals surface area contributed by atoms with Gasteiger partial charge in [0.2, 0.25) is 11.8 Å². The highest BCUT2D eigenvalue weighted by molar-refractivity contribution is 5.83. The van der Waals surface area contributed by atoms with Crippen molar-refractivity contribution in [1.29, 1.82) is 0 Å². The van der Waals surface area contributed by atoms with Gasteiger partial charge >= 0.3 is 0 Å². The molecule has 0 bridgehead atoms. The van der Waals surface area contributed by atoms with Gasteiger partial charge in [0.1, 0.15) is 6.04 Å². The van der Waals surface area contributed by atoms with Crippen LogP contribution in [0.15, 0.2) is 30.3 Å². The lowest BCUT2D eigenvalue weighted by Gasteiger charge is -2.33. The summed E-state index contributed by atoms with van der Waals surface area (Å²) in [7, 11) is 0. The van der Waals surface area contributed by atoms with Crippen LogP contribution in [-0.2, 0) is 9.59 Å². The normalized spacial score (nSPS) is 17.1. The van der Waals surface area contributed by atoms with Crippen LogP contribution in [0.2, 0.25) is 0 Å². The van der Waals surface area contributed by atoms with Crippen LogP contribution in [0, 0.1) is 5.92 Å². The largest absolute Gasteiger partial charge is 0.352 e. The second kappa shape index (κ2) is 8.11. The molecule has 0 radical (unpaired) electrons. The Morgan fingerprint density at radius 1 is 1.22 bits per heavy atom. The second-order valence-electron chi connectivity index (χ2n) is 6.65. The molecule has 1 heterocycles. The van der Waals surface area contributed by atoms with Gasteiger partial charge in [-0.2, -0.15) is 0 Å². The Bertz CT molecular complexity index is 522. The number of carbonyl (C=O) groups excluding carboxylic acids is 2. The standard InChI is InChI=1S/C18H27N3O2/c1-13(2)12-16(22)21-10-8-15(9-11-21)20-18(23)17(19)14-6-4-3-5-7-14/h3-7,13,15,17H,8-12,19H2,1-2H3,(H,20,23). The fraction of sp³-hybridized carbons (Fsp3) is 0.556. The van der Waals surface area contributed by atoms with Gasteiger partial charge in [-0.15, -0.1) is 0 Å². The van der Waals surface area contributed by atoms with Crippen molar-refractivity contribution < 1.29 is 9.59 Å². The minimum Gasteiger partial charge on any atom is -0.352 e. The van der Waals surface area contributed by atoms with Crippen molar-refractivity contribution in [2.45, 2.75) is 45.2 Å². The van der Waals surface area contributed by atoms with Gasteiger partial charge < -0.3 is 16.0 Å². The van der Waals surface area contributed by atoms with E-state index in [0.29, 0.717) is 25.4 Å². The molecule has 2 amide bonds. The molecule has 1 atom stereocenters. The third-order valence-corrected chi connectivity index (χ3v) is 4.22. The van der Waals surface area contributed by atoms with Crippen LogP contribution < -0.4 is 11.1 Å². The van der Waals surface area contributed by atoms with Gasteiger partial charge in [0, 0.05) is 25.6 Å². The predicted octanol–water partition coefficient (Wildman–Crippen LogP) is 1.84. The molecule has 1 fully saturated rings. The summed E-state index contributed by atoms with van der Waals surface area (Å²) >= 11 is 0. The van der Waals surface area contributed by atoms with Crippen LogP contribution in [0.3, 0.4) is 0 Å². The SMILES string of the molecule is CC(C)CC(=O)N1CCC(NC(=O)C(N)c2ccccc2)CC1. The van der Waals surface area contributed by atoms with E-state index < -0.39 is 6.04 Å². The first-order chi connectivity index (χ1) is 11.0. The first kappa shape index (κ1) is 17.5. The fourth-order valence-corrected chi connectivity index (χ4v) is 2.85. The third kappa shape index (κ3) is 5.06. The number of carbonyl (C=O) groups is 2. The molecule has 3 N–H and O–H groups in total. The van der Waals surface area contributed by atoms with Gasteiger partial charge in [0.15, 0.2) is 0 Å².